The third-order valence-corrected chi connectivity index (χ3v) is 4.50. The minimum absolute atomic E-state index is 0.0588. The largest absolute Gasteiger partial charge is 0.481 e. The van der Waals surface area contributed by atoms with Crippen molar-refractivity contribution in [3.8, 4) is 18.1 Å². The van der Waals surface area contributed by atoms with Crippen LogP contribution >= 0.6 is 22.9 Å². The lowest BCUT2D eigenvalue weighted by molar-refractivity contribution is -0.121. The van der Waals surface area contributed by atoms with E-state index >= 15 is 0 Å². The zero-order valence-corrected chi connectivity index (χ0v) is 14.3. The predicted octanol–water partition coefficient (Wildman–Crippen LogP) is 3.71. The van der Waals surface area contributed by atoms with Crippen molar-refractivity contribution in [1.82, 2.24) is 5.32 Å². The molecule has 0 atom stereocenters. The molecule has 0 fully saturated rings. The van der Waals surface area contributed by atoms with E-state index in [0.29, 0.717) is 13.0 Å². The quantitative estimate of drug-likeness (QED) is 0.739. The van der Waals surface area contributed by atoms with Gasteiger partial charge in [0.1, 0.15) is 12.4 Å². The summed E-state index contributed by atoms with van der Waals surface area (Å²) in [5.74, 6) is 3.24. The smallest absolute Gasteiger partial charge is 0.220 e. The molecule has 1 N–H and O–H groups in total. The predicted molar refractivity (Wildman–Crippen MR) is 95.1 cm³/mol. The van der Waals surface area contributed by atoms with Crippen molar-refractivity contribution < 1.29 is 9.53 Å². The van der Waals surface area contributed by atoms with E-state index in [2.05, 4.69) is 11.2 Å². The first-order valence-corrected chi connectivity index (χ1v) is 8.53. The molecule has 0 aliphatic carbocycles. The molecule has 1 aromatic carbocycles. The third-order valence-electron chi connectivity index (χ3n) is 3.21. The summed E-state index contributed by atoms with van der Waals surface area (Å²) in [6.45, 7) is 0.888. The molecule has 5 heteroatoms. The number of thiophene rings is 1. The lowest BCUT2D eigenvalue weighted by atomic mass is 10.1. The molecule has 120 valence electrons. The first-order chi connectivity index (χ1) is 11.2. The van der Waals surface area contributed by atoms with Crippen LogP contribution in [-0.4, -0.2) is 19.1 Å². The molecule has 0 spiro atoms. The summed E-state index contributed by atoms with van der Waals surface area (Å²) in [5, 5.41) is 2.93. The number of aryl methyl sites for hydroxylation is 1. The SMILES string of the molecule is C#CCOc1ccc(CCNC(=O)CCc2ccc(Cl)s2)cc1. The van der Waals surface area contributed by atoms with Crippen molar-refractivity contribution in [3.05, 3.63) is 51.2 Å². The van der Waals surface area contributed by atoms with Gasteiger partial charge in [-0.25, -0.2) is 0 Å². The van der Waals surface area contributed by atoms with Crippen LogP contribution in [-0.2, 0) is 17.6 Å². The molecule has 23 heavy (non-hydrogen) atoms. The Morgan fingerprint density at radius 1 is 1.22 bits per heavy atom. The van der Waals surface area contributed by atoms with E-state index in [1.165, 1.54) is 11.3 Å². The molecule has 1 aromatic heterocycles. The van der Waals surface area contributed by atoms with E-state index in [0.717, 1.165) is 33.4 Å². The van der Waals surface area contributed by atoms with Gasteiger partial charge in [-0.15, -0.1) is 17.8 Å². The number of benzene rings is 1. The Kier molecular flexibility index (Phi) is 6.99. The Hall–Kier alpha value is -1.96. The van der Waals surface area contributed by atoms with Gasteiger partial charge in [0.05, 0.1) is 4.34 Å². The van der Waals surface area contributed by atoms with Crippen molar-refractivity contribution in [2.24, 2.45) is 0 Å². The first-order valence-electron chi connectivity index (χ1n) is 7.33. The van der Waals surface area contributed by atoms with Gasteiger partial charge in [-0.1, -0.05) is 29.7 Å². The van der Waals surface area contributed by atoms with E-state index < -0.39 is 0 Å². The van der Waals surface area contributed by atoms with Gasteiger partial charge in [0.2, 0.25) is 5.91 Å². The van der Waals surface area contributed by atoms with E-state index in [1.807, 2.05) is 36.4 Å². The number of rotatable bonds is 8. The highest BCUT2D eigenvalue weighted by Crippen LogP contribution is 2.22. The normalized spacial score (nSPS) is 10.1. The van der Waals surface area contributed by atoms with E-state index in [9.17, 15) is 4.79 Å². The maximum atomic E-state index is 11.8. The van der Waals surface area contributed by atoms with Crippen LogP contribution in [0.1, 0.15) is 16.9 Å². The summed E-state index contributed by atoms with van der Waals surface area (Å²) in [5.41, 5.74) is 1.14. The molecule has 2 aromatic rings. The number of ether oxygens (including phenoxy) is 1. The first kappa shape index (κ1) is 17.4. The fourth-order valence-corrected chi connectivity index (χ4v) is 3.12. The minimum Gasteiger partial charge on any atom is -0.481 e. The van der Waals surface area contributed by atoms with Crippen LogP contribution in [0.15, 0.2) is 36.4 Å². The van der Waals surface area contributed by atoms with Gasteiger partial charge in [-0.2, -0.15) is 0 Å². The van der Waals surface area contributed by atoms with Gasteiger partial charge in [0, 0.05) is 17.8 Å². The van der Waals surface area contributed by atoms with Crippen LogP contribution in [0, 0.1) is 12.3 Å². The molecular weight excluding hydrogens is 330 g/mol. The van der Waals surface area contributed by atoms with Gasteiger partial charge in [0.15, 0.2) is 0 Å². The molecular formula is C18H18ClNO2S. The fraction of sp³-hybridized carbons (Fsp3) is 0.278. The summed E-state index contributed by atoms with van der Waals surface area (Å²) in [4.78, 5) is 12.9. The van der Waals surface area contributed by atoms with Crippen molar-refractivity contribution >= 4 is 28.8 Å². The average Bonchev–Trinajstić information content (AvgIpc) is 2.98. The van der Waals surface area contributed by atoms with Crippen LogP contribution in [0.4, 0.5) is 0 Å². The van der Waals surface area contributed by atoms with Crippen LogP contribution in [0.5, 0.6) is 5.75 Å². The molecule has 0 aliphatic rings. The molecule has 0 radical (unpaired) electrons. The molecule has 2 rings (SSSR count). The molecule has 1 amide bonds. The van der Waals surface area contributed by atoms with Crippen molar-refractivity contribution in [2.45, 2.75) is 19.3 Å². The Labute approximate surface area is 145 Å². The highest BCUT2D eigenvalue weighted by atomic mass is 35.5. The number of hydrogen-bond donors (Lipinski definition) is 1. The summed E-state index contributed by atoms with van der Waals surface area (Å²) in [6, 6.07) is 11.5. The molecule has 0 bridgehead atoms. The lowest BCUT2D eigenvalue weighted by Gasteiger charge is -2.06. The van der Waals surface area contributed by atoms with Gasteiger partial charge in [0.25, 0.3) is 0 Å². The maximum Gasteiger partial charge on any atom is 0.220 e. The second kappa shape index (κ2) is 9.24. The number of nitrogens with one attached hydrogen (secondary N) is 1. The lowest BCUT2D eigenvalue weighted by Crippen LogP contribution is -2.25. The standard InChI is InChI=1S/C18H18ClNO2S/c1-2-13-22-15-5-3-14(4-6-15)11-12-20-18(21)10-8-16-7-9-17(19)23-16/h1,3-7,9H,8,10-13H2,(H,20,21). The van der Waals surface area contributed by atoms with Crippen LogP contribution in [0.2, 0.25) is 4.34 Å². The number of hydrogen-bond acceptors (Lipinski definition) is 3. The fourth-order valence-electron chi connectivity index (χ4n) is 2.03. The zero-order chi connectivity index (χ0) is 16.5. The summed E-state index contributed by atoms with van der Waals surface area (Å²) in [6.07, 6.45) is 7.13. The molecule has 3 nitrogen and oxygen atoms in total. The van der Waals surface area contributed by atoms with E-state index in [-0.39, 0.29) is 12.5 Å². The van der Waals surface area contributed by atoms with Crippen LogP contribution < -0.4 is 10.1 Å². The molecule has 0 saturated heterocycles. The molecule has 0 saturated carbocycles. The number of carbonyl (C=O) groups excluding carboxylic acids is 1. The Morgan fingerprint density at radius 2 is 2.00 bits per heavy atom. The highest BCUT2D eigenvalue weighted by Gasteiger charge is 2.04. The van der Waals surface area contributed by atoms with Crippen LogP contribution in [0.25, 0.3) is 0 Å². The van der Waals surface area contributed by atoms with Crippen molar-refractivity contribution in [1.29, 1.82) is 0 Å². The van der Waals surface area contributed by atoms with Crippen LogP contribution in [0.3, 0.4) is 0 Å². The van der Waals surface area contributed by atoms with Crippen molar-refractivity contribution in [2.75, 3.05) is 13.2 Å². The zero-order valence-electron chi connectivity index (χ0n) is 12.7. The monoisotopic (exact) mass is 347 g/mol. The van der Waals surface area contributed by atoms with E-state index in [4.69, 9.17) is 22.8 Å². The third kappa shape index (κ3) is 6.35. The number of halogens is 1. The topological polar surface area (TPSA) is 38.3 Å². The molecule has 1 heterocycles. The maximum absolute atomic E-state index is 11.8. The van der Waals surface area contributed by atoms with Crippen molar-refractivity contribution in [3.63, 3.8) is 0 Å². The minimum atomic E-state index is 0.0588. The average molecular weight is 348 g/mol. The second-order valence-electron chi connectivity index (χ2n) is 4.94. The summed E-state index contributed by atoms with van der Waals surface area (Å²) in [7, 11) is 0. The van der Waals surface area contributed by atoms with Gasteiger partial charge in [-0.05, 0) is 42.7 Å². The Balaban J connectivity index is 1.66. The Morgan fingerprint density at radius 3 is 2.65 bits per heavy atom. The highest BCUT2D eigenvalue weighted by molar-refractivity contribution is 7.16. The second-order valence-corrected chi connectivity index (χ2v) is 6.74. The summed E-state index contributed by atoms with van der Waals surface area (Å²) < 4.78 is 6.07. The van der Waals surface area contributed by atoms with E-state index in [1.54, 1.807) is 0 Å². The van der Waals surface area contributed by atoms with Gasteiger partial charge >= 0.3 is 0 Å². The summed E-state index contributed by atoms with van der Waals surface area (Å²) >= 11 is 7.38. The molecule has 0 unspecified atom stereocenters. The number of amides is 1. The number of terminal acetylenes is 1. The number of carbonyl (C=O) groups is 1. The van der Waals surface area contributed by atoms with Gasteiger partial charge < -0.3 is 10.1 Å². The van der Waals surface area contributed by atoms with Gasteiger partial charge in [-0.3, -0.25) is 4.79 Å². The Bertz CT molecular complexity index is 673. The molecule has 0 aliphatic heterocycles.